The van der Waals surface area contributed by atoms with E-state index < -0.39 is 10.0 Å². The van der Waals surface area contributed by atoms with Crippen molar-refractivity contribution >= 4 is 21.6 Å². The minimum absolute atomic E-state index is 0.0578. The van der Waals surface area contributed by atoms with Gasteiger partial charge in [0.2, 0.25) is 10.0 Å². The lowest BCUT2D eigenvalue weighted by atomic mass is 10.2. The van der Waals surface area contributed by atoms with Crippen LogP contribution in [0.3, 0.4) is 0 Å². The second-order valence-electron chi connectivity index (χ2n) is 4.42. The fraction of sp³-hybridized carbons (Fsp3) is 0.417. The molecule has 0 aliphatic rings. The zero-order chi connectivity index (χ0) is 14.6. The van der Waals surface area contributed by atoms with Crippen molar-refractivity contribution in [2.24, 2.45) is 0 Å². The average Bonchev–Trinajstić information content (AvgIpc) is 2.35. The molecule has 1 aromatic carbocycles. The molecular formula is C12H16ClN3O2S. The van der Waals surface area contributed by atoms with Crippen molar-refractivity contribution < 1.29 is 8.42 Å². The van der Waals surface area contributed by atoms with Crippen LogP contribution in [0.2, 0.25) is 5.02 Å². The molecule has 0 saturated heterocycles. The molecule has 0 aliphatic carbocycles. The van der Waals surface area contributed by atoms with E-state index in [0.717, 1.165) is 0 Å². The first-order valence-electron chi connectivity index (χ1n) is 5.63. The number of benzene rings is 1. The molecule has 104 valence electrons. The highest BCUT2D eigenvalue weighted by Gasteiger charge is 2.17. The number of nitriles is 1. The first-order valence-corrected chi connectivity index (χ1v) is 7.50. The summed E-state index contributed by atoms with van der Waals surface area (Å²) in [6.45, 7) is 2.21. The number of nitrogens with one attached hydrogen (secondary N) is 1. The van der Waals surface area contributed by atoms with Crippen molar-refractivity contribution in [1.82, 2.24) is 9.62 Å². The number of rotatable bonds is 5. The van der Waals surface area contributed by atoms with E-state index in [9.17, 15) is 8.42 Å². The van der Waals surface area contributed by atoms with E-state index in [1.807, 2.05) is 32.0 Å². The van der Waals surface area contributed by atoms with Crippen molar-refractivity contribution in [2.75, 3.05) is 20.6 Å². The molecule has 0 spiro atoms. The first kappa shape index (κ1) is 15.9. The van der Waals surface area contributed by atoms with Crippen LogP contribution in [0.4, 0.5) is 0 Å². The van der Waals surface area contributed by atoms with Crippen LogP contribution in [0, 0.1) is 11.3 Å². The second kappa shape index (κ2) is 6.35. The van der Waals surface area contributed by atoms with E-state index in [1.165, 1.54) is 18.2 Å². The molecule has 5 nitrogen and oxygen atoms in total. The summed E-state index contributed by atoms with van der Waals surface area (Å²) in [7, 11) is 0.138. The molecule has 7 heteroatoms. The fourth-order valence-corrected chi connectivity index (χ4v) is 2.68. The van der Waals surface area contributed by atoms with Gasteiger partial charge in [-0.3, -0.25) is 0 Å². The van der Waals surface area contributed by atoms with Crippen LogP contribution in [-0.2, 0) is 10.0 Å². The van der Waals surface area contributed by atoms with Crippen LogP contribution in [0.25, 0.3) is 0 Å². The Morgan fingerprint density at radius 3 is 2.58 bits per heavy atom. The normalized spacial score (nSPS) is 13.3. The first-order chi connectivity index (χ1) is 8.77. The van der Waals surface area contributed by atoms with Crippen LogP contribution in [0.15, 0.2) is 23.1 Å². The van der Waals surface area contributed by atoms with E-state index >= 15 is 0 Å². The summed E-state index contributed by atoms with van der Waals surface area (Å²) < 4.78 is 26.6. The van der Waals surface area contributed by atoms with E-state index in [2.05, 4.69) is 4.72 Å². The summed E-state index contributed by atoms with van der Waals surface area (Å²) >= 11 is 5.83. The molecule has 1 N–H and O–H groups in total. The Labute approximate surface area is 118 Å². The predicted octanol–water partition coefficient (Wildman–Crippen LogP) is 1.44. The van der Waals surface area contributed by atoms with Gasteiger partial charge in [-0.1, -0.05) is 11.6 Å². The Hall–Kier alpha value is -1.13. The average molecular weight is 302 g/mol. The van der Waals surface area contributed by atoms with Gasteiger partial charge in [0.15, 0.2) is 0 Å². The number of hydrogen-bond donors (Lipinski definition) is 1. The Kier molecular flexibility index (Phi) is 5.32. The molecule has 1 rings (SSSR count). The molecule has 0 aromatic heterocycles. The van der Waals surface area contributed by atoms with Gasteiger partial charge in [0, 0.05) is 12.6 Å². The van der Waals surface area contributed by atoms with Crippen molar-refractivity contribution in [1.29, 1.82) is 5.26 Å². The number of likely N-dealkylation sites (N-methyl/N-ethyl adjacent to an activating group) is 1. The van der Waals surface area contributed by atoms with Gasteiger partial charge >= 0.3 is 0 Å². The summed E-state index contributed by atoms with van der Waals surface area (Å²) in [5.41, 5.74) is 0.252. The zero-order valence-electron chi connectivity index (χ0n) is 11.0. The molecule has 1 aromatic rings. The maximum absolute atomic E-state index is 12.0. The van der Waals surface area contributed by atoms with Gasteiger partial charge < -0.3 is 4.90 Å². The summed E-state index contributed by atoms with van der Waals surface area (Å²) in [6.07, 6.45) is 0. The van der Waals surface area contributed by atoms with E-state index in [1.54, 1.807) is 0 Å². The van der Waals surface area contributed by atoms with Crippen molar-refractivity contribution in [2.45, 2.75) is 17.9 Å². The molecule has 1 atom stereocenters. The molecule has 0 aliphatic heterocycles. The molecule has 0 saturated carbocycles. The number of halogens is 1. The van der Waals surface area contributed by atoms with E-state index in [4.69, 9.17) is 16.9 Å². The van der Waals surface area contributed by atoms with Crippen LogP contribution in [0.5, 0.6) is 0 Å². The highest BCUT2D eigenvalue weighted by Crippen LogP contribution is 2.20. The summed E-state index contributed by atoms with van der Waals surface area (Å²) in [6, 6.07) is 6.00. The van der Waals surface area contributed by atoms with Gasteiger partial charge in [0.25, 0.3) is 0 Å². The fourth-order valence-electron chi connectivity index (χ4n) is 1.25. The molecule has 0 radical (unpaired) electrons. The third-order valence-corrected chi connectivity index (χ3v) is 4.56. The van der Waals surface area contributed by atoms with Crippen LogP contribution >= 0.6 is 11.6 Å². The molecule has 0 heterocycles. The largest absolute Gasteiger partial charge is 0.305 e. The summed E-state index contributed by atoms with van der Waals surface area (Å²) in [5.74, 6) is 0. The van der Waals surface area contributed by atoms with Gasteiger partial charge in [0.05, 0.1) is 15.5 Å². The lowest BCUT2D eigenvalue weighted by molar-refractivity contribution is 0.314. The highest BCUT2D eigenvalue weighted by molar-refractivity contribution is 7.89. The van der Waals surface area contributed by atoms with E-state index in [-0.39, 0.29) is 21.5 Å². The van der Waals surface area contributed by atoms with Crippen LogP contribution in [0.1, 0.15) is 12.5 Å². The summed E-state index contributed by atoms with van der Waals surface area (Å²) in [4.78, 5) is 1.97. The standard InChI is InChI=1S/C12H16ClN3O2S/c1-9(16(2)3)8-15-19(17,18)11-5-4-10(7-14)12(13)6-11/h4-6,9,15H,8H2,1-3H3. The van der Waals surface area contributed by atoms with Gasteiger partial charge in [0.1, 0.15) is 6.07 Å². The Morgan fingerprint density at radius 2 is 2.11 bits per heavy atom. The number of nitrogens with zero attached hydrogens (tertiary/aromatic N) is 2. The number of hydrogen-bond acceptors (Lipinski definition) is 4. The predicted molar refractivity (Wildman–Crippen MR) is 74.5 cm³/mol. The quantitative estimate of drug-likeness (QED) is 0.893. The summed E-state index contributed by atoms with van der Waals surface area (Å²) in [5, 5.41) is 8.87. The van der Waals surface area contributed by atoms with Crippen molar-refractivity contribution in [3.63, 3.8) is 0 Å². The number of sulfonamides is 1. The SMILES string of the molecule is CC(CNS(=O)(=O)c1ccc(C#N)c(Cl)c1)N(C)C. The minimum Gasteiger partial charge on any atom is -0.305 e. The second-order valence-corrected chi connectivity index (χ2v) is 6.59. The molecular weight excluding hydrogens is 286 g/mol. The van der Waals surface area contributed by atoms with Gasteiger partial charge in [-0.2, -0.15) is 5.26 Å². The Balaban J connectivity index is 2.90. The maximum atomic E-state index is 12.0. The Bertz CT molecular complexity index is 593. The van der Waals surface area contributed by atoms with Crippen LogP contribution < -0.4 is 4.72 Å². The van der Waals surface area contributed by atoms with Gasteiger partial charge in [-0.15, -0.1) is 0 Å². The topological polar surface area (TPSA) is 73.2 Å². The lowest BCUT2D eigenvalue weighted by Gasteiger charge is -2.20. The minimum atomic E-state index is -3.61. The van der Waals surface area contributed by atoms with E-state index in [0.29, 0.717) is 6.54 Å². The van der Waals surface area contributed by atoms with Crippen molar-refractivity contribution in [3.05, 3.63) is 28.8 Å². The third-order valence-electron chi connectivity index (χ3n) is 2.82. The monoisotopic (exact) mass is 301 g/mol. The highest BCUT2D eigenvalue weighted by atomic mass is 35.5. The van der Waals surface area contributed by atoms with Crippen molar-refractivity contribution in [3.8, 4) is 6.07 Å². The zero-order valence-corrected chi connectivity index (χ0v) is 12.6. The molecule has 0 bridgehead atoms. The molecule has 19 heavy (non-hydrogen) atoms. The molecule has 0 fully saturated rings. The lowest BCUT2D eigenvalue weighted by Crippen LogP contribution is -2.38. The maximum Gasteiger partial charge on any atom is 0.240 e. The smallest absolute Gasteiger partial charge is 0.240 e. The Morgan fingerprint density at radius 1 is 1.47 bits per heavy atom. The van der Waals surface area contributed by atoms with Gasteiger partial charge in [-0.05, 0) is 39.2 Å². The van der Waals surface area contributed by atoms with Crippen LogP contribution in [-0.4, -0.2) is 40.0 Å². The third kappa shape index (κ3) is 4.18. The molecule has 1 unspecified atom stereocenters. The molecule has 0 amide bonds. The van der Waals surface area contributed by atoms with Gasteiger partial charge in [-0.25, -0.2) is 13.1 Å².